The Morgan fingerprint density at radius 3 is 2.39 bits per heavy atom. The van der Waals surface area contributed by atoms with Crippen molar-refractivity contribution in [3.8, 4) is 5.75 Å². The molecule has 2 aromatic rings. The van der Waals surface area contributed by atoms with Crippen LogP contribution in [0.5, 0.6) is 5.75 Å². The first-order chi connectivity index (χ1) is 14.7. The number of likely N-dealkylation sites (N-methyl/N-ethyl adjacent to an activating group) is 1. The third-order valence-corrected chi connectivity index (χ3v) is 6.61. The van der Waals surface area contributed by atoms with Crippen LogP contribution in [0, 0.1) is 0 Å². The molecule has 2 heterocycles. The number of amides is 1. The van der Waals surface area contributed by atoms with Gasteiger partial charge in [-0.25, -0.2) is 12.7 Å². The number of nitrogens with one attached hydrogen (secondary N) is 1. The molecule has 1 amide bonds. The summed E-state index contributed by atoms with van der Waals surface area (Å²) in [4.78, 5) is 19.0. The zero-order valence-corrected chi connectivity index (χ0v) is 19.1. The van der Waals surface area contributed by atoms with Crippen molar-refractivity contribution in [2.24, 2.45) is 0 Å². The third-order valence-electron chi connectivity index (χ3n) is 5.31. The molecule has 31 heavy (non-hydrogen) atoms. The monoisotopic (exact) mass is 446 g/mol. The summed E-state index contributed by atoms with van der Waals surface area (Å²) in [5.74, 6) is 0.732. The molecule has 0 spiro atoms. The molecule has 1 aromatic heterocycles. The number of benzene rings is 1. The fourth-order valence-electron chi connectivity index (χ4n) is 3.45. The first-order valence-corrected chi connectivity index (χ1v) is 12.2. The normalized spacial score (nSPS) is 15.7. The van der Waals surface area contributed by atoms with Crippen molar-refractivity contribution in [3.63, 3.8) is 0 Å². The van der Waals surface area contributed by atoms with Gasteiger partial charge >= 0.3 is 0 Å². The lowest BCUT2D eigenvalue weighted by molar-refractivity contribution is 0.102. The number of nitrogens with zero attached hydrogens (tertiary/aromatic N) is 3. The van der Waals surface area contributed by atoms with Gasteiger partial charge < -0.3 is 15.0 Å². The largest absolute Gasteiger partial charge is 0.492 e. The fourth-order valence-corrected chi connectivity index (χ4v) is 4.32. The average molecular weight is 447 g/mol. The van der Waals surface area contributed by atoms with Crippen molar-refractivity contribution in [3.05, 3.63) is 53.9 Å². The minimum atomic E-state index is -3.14. The van der Waals surface area contributed by atoms with Gasteiger partial charge in [0.2, 0.25) is 10.0 Å². The van der Waals surface area contributed by atoms with E-state index in [0.717, 1.165) is 30.8 Å². The van der Waals surface area contributed by atoms with Gasteiger partial charge in [0, 0.05) is 43.1 Å². The van der Waals surface area contributed by atoms with Crippen LogP contribution in [0.25, 0.3) is 0 Å². The highest BCUT2D eigenvalue weighted by molar-refractivity contribution is 7.88. The van der Waals surface area contributed by atoms with Crippen molar-refractivity contribution in [2.75, 3.05) is 51.9 Å². The summed E-state index contributed by atoms with van der Waals surface area (Å²) in [6, 6.07) is 10.9. The Kier molecular flexibility index (Phi) is 7.64. The van der Waals surface area contributed by atoms with Crippen LogP contribution in [-0.4, -0.2) is 75.1 Å². The SMILES string of the molecule is CN(C)CCOc1ccc(NC(=O)c2ccc(C3CCN(S(C)(=O)=O)CC3)nc2)cc1. The predicted molar refractivity (Wildman–Crippen MR) is 121 cm³/mol. The number of hydrogen-bond acceptors (Lipinski definition) is 6. The highest BCUT2D eigenvalue weighted by Crippen LogP contribution is 2.27. The second kappa shape index (κ2) is 10.2. The van der Waals surface area contributed by atoms with Crippen LogP contribution in [-0.2, 0) is 10.0 Å². The molecule has 0 unspecified atom stereocenters. The van der Waals surface area contributed by atoms with E-state index in [1.807, 2.05) is 37.2 Å². The summed E-state index contributed by atoms with van der Waals surface area (Å²) in [5, 5.41) is 2.87. The molecule has 3 rings (SSSR count). The number of anilines is 1. The highest BCUT2D eigenvalue weighted by atomic mass is 32.2. The van der Waals surface area contributed by atoms with Crippen LogP contribution in [0.15, 0.2) is 42.6 Å². The van der Waals surface area contributed by atoms with Gasteiger partial charge in [0.25, 0.3) is 5.91 Å². The van der Waals surface area contributed by atoms with E-state index in [0.29, 0.717) is 30.9 Å². The van der Waals surface area contributed by atoms with Gasteiger partial charge in [-0.05, 0) is 63.3 Å². The highest BCUT2D eigenvalue weighted by Gasteiger charge is 2.26. The Balaban J connectivity index is 1.52. The van der Waals surface area contributed by atoms with E-state index in [9.17, 15) is 13.2 Å². The maximum atomic E-state index is 12.5. The van der Waals surface area contributed by atoms with E-state index in [-0.39, 0.29) is 11.8 Å². The Bertz CT molecular complexity index is 968. The van der Waals surface area contributed by atoms with Crippen LogP contribution in [0.4, 0.5) is 5.69 Å². The number of aromatic nitrogens is 1. The van der Waals surface area contributed by atoms with Crippen molar-refractivity contribution >= 4 is 21.6 Å². The fraction of sp³-hybridized carbons (Fsp3) is 0.455. The quantitative estimate of drug-likeness (QED) is 0.670. The van der Waals surface area contributed by atoms with Crippen LogP contribution in [0.3, 0.4) is 0 Å². The van der Waals surface area contributed by atoms with Crippen molar-refractivity contribution in [1.82, 2.24) is 14.2 Å². The first kappa shape index (κ1) is 23.2. The van der Waals surface area contributed by atoms with E-state index in [1.54, 1.807) is 24.4 Å². The lowest BCUT2D eigenvalue weighted by Gasteiger charge is -2.29. The lowest BCUT2D eigenvalue weighted by Crippen LogP contribution is -2.37. The molecule has 1 aliphatic heterocycles. The molecule has 0 atom stereocenters. The second-order valence-electron chi connectivity index (χ2n) is 8.04. The first-order valence-electron chi connectivity index (χ1n) is 10.3. The van der Waals surface area contributed by atoms with Gasteiger partial charge in [-0.2, -0.15) is 0 Å². The number of pyridine rings is 1. The standard InChI is InChI=1S/C22H30N4O4S/c1-25(2)14-15-30-20-7-5-19(6-8-20)24-22(27)18-4-9-21(23-16-18)17-10-12-26(13-11-17)31(3,28)29/h4-9,16-17H,10-15H2,1-3H3,(H,24,27). The molecule has 1 aromatic carbocycles. The number of carbonyl (C=O) groups is 1. The molecule has 1 saturated heterocycles. The van der Waals surface area contributed by atoms with Gasteiger partial charge in [-0.1, -0.05) is 0 Å². The minimum Gasteiger partial charge on any atom is -0.492 e. The van der Waals surface area contributed by atoms with Crippen LogP contribution >= 0.6 is 0 Å². The van der Waals surface area contributed by atoms with E-state index in [1.165, 1.54) is 10.6 Å². The summed E-state index contributed by atoms with van der Waals surface area (Å²) in [6.07, 6.45) is 4.28. The van der Waals surface area contributed by atoms with E-state index >= 15 is 0 Å². The van der Waals surface area contributed by atoms with E-state index in [2.05, 4.69) is 10.3 Å². The van der Waals surface area contributed by atoms with Gasteiger partial charge in [0.1, 0.15) is 12.4 Å². The molecule has 0 radical (unpaired) electrons. The number of ether oxygens (including phenoxy) is 1. The maximum absolute atomic E-state index is 12.5. The molecular weight excluding hydrogens is 416 g/mol. The van der Waals surface area contributed by atoms with E-state index < -0.39 is 10.0 Å². The Labute approximate surface area is 184 Å². The van der Waals surface area contributed by atoms with Crippen LogP contribution in [0.2, 0.25) is 0 Å². The smallest absolute Gasteiger partial charge is 0.257 e. The minimum absolute atomic E-state index is 0.204. The van der Waals surface area contributed by atoms with Gasteiger partial charge in [-0.15, -0.1) is 0 Å². The third kappa shape index (κ3) is 6.75. The molecular formula is C22H30N4O4S. The molecule has 0 saturated carbocycles. The van der Waals surface area contributed by atoms with E-state index in [4.69, 9.17) is 4.74 Å². The lowest BCUT2D eigenvalue weighted by atomic mass is 9.94. The Morgan fingerprint density at radius 1 is 1.16 bits per heavy atom. The molecule has 9 heteroatoms. The molecule has 0 aliphatic carbocycles. The van der Waals surface area contributed by atoms with Gasteiger partial charge in [0.05, 0.1) is 11.8 Å². The summed E-state index contributed by atoms with van der Waals surface area (Å²) >= 11 is 0. The van der Waals surface area contributed by atoms with Crippen molar-refractivity contribution in [2.45, 2.75) is 18.8 Å². The second-order valence-corrected chi connectivity index (χ2v) is 10.0. The number of hydrogen-bond donors (Lipinski definition) is 1. The summed E-state index contributed by atoms with van der Waals surface area (Å²) in [5.41, 5.74) is 2.05. The maximum Gasteiger partial charge on any atom is 0.257 e. The van der Waals surface area contributed by atoms with Gasteiger partial charge in [-0.3, -0.25) is 9.78 Å². The Hall–Kier alpha value is -2.49. The molecule has 1 aliphatic rings. The number of piperidine rings is 1. The van der Waals surface area contributed by atoms with Gasteiger partial charge in [0.15, 0.2) is 0 Å². The van der Waals surface area contributed by atoms with Crippen LogP contribution < -0.4 is 10.1 Å². The zero-order valence-electron chi connectivity index (χ0n) is 18.2. The summed E-state index contributed by atoms with van der Waals surface area (Å²) < 4.78 is 30.5. The number of sulfonamides is 1. The topological polar surface area (TPSA) is 91.8 Å². The van der Waals surface area contributed by atoms with Crippen molar-refractivity contribution < 1.29 is 17.9 Å². The summed E-state index contributed by atoms with van der Waals surface area (Å²) in [7, 11) is 0.842. The van der Waals surface area contributed by atoms with Crippen LogP contribution in [0.1, 0.15) is 34.8 Å². The number of carbonyl (C=O) groups excluding carboxylic acids is 1. The van der Waals surface area contributed by atoms with Crippen molar-refractivity contribution in [1.29, 1.82) is 0 Å². The zero-order chi connectivity index (χ0) is 22.4. The molecule has 8 nitrogen and oxygen atoms in total. The molecule has 0 bridgehead atoms. The average Bonchev–Trinajstić information content (AvgIpc) is 2.74. The molecule has 1 N–H and O–H groups in total. The molecule has 168 valence electrons. The number of rotatable bonds is 8. The Morgan fingerprint density at radius 2 is 1.84 bits per heavy atom. The molecule has 1 fully saturated rings. The predicted octanol–water partition coefficient (Wildman–Crippen LogP) is 2.41. The summed E-state index contributed by atoms with van der Waals surface area (Å²) in [6.45, 7) is 2.44.